The molecule has 1 saturated carbocycles. The quantitative estimate of drug-likeness (QED) is 0.495. The third-order valence-corrected chi connectivity index (χ3v) is 8.20. The van der Waals surface area contributed by atoms with Crippen molar-refractivity contribution in [2.45, 2.75) is 56.8 Å². The first-order valence-corrected chi connectivity index (χ1v) is 12.7. The zero-order chi connectivity index (χ0) is 23.8. The third kappa shape index (κ3) is 4.98. The highest BCUT2D eigenvalue weighted by Gasteiger charge is 2.29. The largest absolute Gasteiger partial charge is 0.507 e. The number of carboxylic acid groups (broad SMARTS) is 1. The zero-order valence-electron chi connectivity index (χ0n) is 18.4. The fourth-order valence-corrected chi connectivity index (χ4v) is 6.28. The molecular weight excluding hydrogens is 446 g/mol. The van der Waals surface area contributed by atoms with Crippen LogP contribution in [0.5, 0.6) is 17.2 Å². The number of carbonyl (C=O) groups excluding carboxylic acids is 1. The first-order valence-electron chi connectivity index (χ1n) is 11.0. The van der Waals surface area contributed by atoms with E-state index >= 15 is 0 Å². The number of amides is 1. The van der Waals surface area contributed by atoms with E-state index in [2.05, 4.69) is 5.32 Å². The van der Waals surface area contributed by atoms with Crippen molar-refractivity contribution in [1.29, 1.82) is 0 Å². The molecule has 0 atom stereocenters. The minimum Gasteiger partial charge on any atom is -0.507 e. The topological polar surface area (TPSA) is 130 Å². The van der Waals surface area contributed by atoms with E-state index in [-0.39, 0.29) is 22.3 Å². The average Bonchev–Trinajstić information content (AvgIpc) is 3.18. The number of phenols is 1. The Morgan fingerprint density at radius 3 is 2.52 bits per heavy atom. The lowest BCUT2D eigenvalue weighted by Gasteiger charge is -2.25. The van der Waals surface area contributed by atoms with Crippen LogP contribution in [0.1, 0.15) is 48.8 Å². The first kappa shape index (κ1) is 23.1. The van der Waals surface area contributed by atoms with Crippen molar-refractivity contribution in [3.63, 3.8) is 0 Å². The molecule has 2 aliphatic carbocycles. The summed E-state index contributed by atoms with van der Waals surface area (Å²) in [5.41, 5.74) is 3.11. The number of benzene rings is 2. The number of rotatable bonds is 8. The maximum Gasteiger partial charge on any atom is 0.312 e. The second-order valence-corrected chi connectivity index (χ2v) is 10.8. The van der Waals surface area contributed by atoms with Gasteiger partial charge >= 0.3 is 5.97 Å². The molecule has 0 aromatic heterocycles. The van der Waals surface area contributed by atoms with Crippen LogP contribution in [0.25, 0.3) is 0 Å². The van der Waals surface area contributed by atoms with Crippen LogP contribution < -0.4 is 10.1 Å². The molecule has 2 aliphatic rings. The summed E-state index contributed by atoms with van der Waals surface area (Å²) in [6, 6.07) is 5.97. The Kier molecular flexibility index (Phi) is 6.34. The van der Waals surface area contributed by atoms with Gasteiger partial charge in [0.1, 0.15) is 28.6 Å². The van der Waals surface area contributed by atoms with Gasteiger partial charge in [-0.2, -0.15) is 0 Å². The molecule has 33 heavy (non-hydrogen) atoms. The summed E-state index contributed by atoms with van der Waals surface area (Å²) in [6.07, 6.45) is 4.48. The molecule has 2 aromatic carbocycles. The van der Waals surface area contributed by atoms with E-state index in [9.17, 15) is 23.1 Å². The number of fused-ring (bicyclic) bond motifs is 1. The molecule has 0 unspecified atom stereocenters. The lowest BCUT2D eigenvalue weighted by molar-refractivity contribution is -0.139. The summed E-state index contributed by atoms with van der Waals surface area (Å²) in [5.74, 6) is -1.04. The summed E-state index contributed by atoms with van der Waals surface area (Å²) in [5, 5.41) is 21.7. The molecule has 0 aliphatic heterocycles. The van der Waals surface area contributed by atoms with Crippen LogP contribution in [0.3, 0.4) is 0 Å². The van der Waals surface area contributed by atoms with Crippen molar-refractivity contribution in [3.8, 4) is 17.2 Å². The molecule has 2 aromatic rings. The number of hydrogen-bond donors (Lipinski definition) is 3. The molecule has 176 valence electrons. The van der Waals surface area contributed by atoms with Crippen molar-refractivity contribution >= 4 is 27.4 Å². The van der Waals surface area contributed by atoms with Gasteiger partial charge in [-0.25, -0.2) is 8.42 Å². The zero-order valence-corrected chi connectivity index (χ0v) is 19.2. The monoisotopic (exact) mass is 473 g/mol. The number of ether oxygens (including phenoxy) is 1. The molecular formula is C24H27NO7S. The summed E-state index contributed by atoms with van der Waals surface area (Å²) in [7, 11) is -3.64. The van der Waals surface area contributed by atoms with Gasteiger partial charge in [-0.15, -0.1) is 0 Å². The van der Waals surface area contributed by atoms with Gasteiger partial charge in [0.2, 0.25) is 5.91 Å². The highest BCUT2D eigenvalue weighted by atomic mass is 32.2. The fraction of sp³-hybridized carbons (Fsp3) is 0.417. The van der Waals surface area contributed by atoms with Crippen LogP contribution in [0.2, 0.25) is 0 Å². The average molecular weight is 474 g/mol. The van der Waals surface area contributed by atoms with E-state index in [4.69, 9.17) is 9.84 Å². The Morgan fingerprint density at radius 1 is 1.12 bits per heavy atom. The SMILES string of the molecule is Cc1cc(NC(=O)CC(=O)O)c2c(c1Oc1ccc(O)c(S(=O)(=O)CC3CCC3)c1)CCC2. The van der Waals surface area contributed by atoms with Crippen LogP contribution in [-0.2, 0) is 32.3 Å². The smallest absolute Gasteiger partial charge is 0.312 e. The molecule has 0 radical (unpaired) electrons. The Bertz CT molecular complexity index is 1220. The van der Waals surface area contributed by atoms with Crippen molar-refractivity contribution < 1.29 is 33.0 Å². The lowest BCUT2D eigenvalue weighted by Crippen LogP contribution is -2.22. The van der Waals surface area contributed by atoms with Crippen LogP contribution in [0.15, 0.2) is 29.2 Å². The molecule has 0 heterocycles. The van der Waals surface area contributed by atoms with Gasteiger partial charge in [-0.3, -0.25) is 9.59 Å². The van der Waals surface area contributed by atoms with E-state index in [1.807, 2.05) is 6.92 Å². The number of nitrogens with one attached hydrogen (secondary N) is 1. The number of hydrogen-bond acceptors (Lipinski definition) is 6. The van der Waals surface area contributed by atoms with Crippen molar-refractivity contribution in [3.05, 3.63) is 41.0 Å². The summed E-state index contributed by atoms with van der Waals surface area (Å²) < 4.78 is 31.8. The summed E-state index contributed by atoms with van der Waals surface area (Å²) >= 11 is 0. The fourth-order valence-electron chi connectivity index (χ4n) is 4.47. The number of anilines is 1. The van der Waals surface area contributed by atoms with E-state index in [0.717, 1.165) is 48.8 Å². The van der Waals surface area contributed by atoms with E-state index in [1.165, 1.54) is 18.2 Å². The Hall–Kier alpha value is -3.07. The minimum absolute atomic E-state index is 0.0170. The van der Waals surface area contributed by atoms with Crippen LogP contribution >= 0.6 is 0 Å². The molecule has 4 rings (SSSR count). The van der Waals surface area contributed by atoms with Gasteiger partial charge in [-0.05, 0) is 74.3 Å². The van der Waals surface area contributed by atoms with E-state index in [1.54, 1.807) is 6.07 Å². The standard InChI is InChI=1S/C24H27NO7S/c1-14-10-19(25-22(27)12-23(28)29)17-6-3-7-18(17)24(14)32-16-8-9-20(26)21(11-16)33(30,31)13-15-4-2-5-15/h8-11,15,26H,2-7,12-13H2,1H3,(H,25,27)(H,28,29). The normalized spacial score (nSPS) is 15.5. The number of carboxylic acids is 1. The molecule has 1 fully saturated rings. The Balaban J connectivity index is 1.63. The second-order valence-electron chi connectivity index (χ2n) is 8.81. The Morgan fingerprint density at radius 2 is 1.85 bits per heavy atom. The highest BCUT2D eigenvalue weighted by Crippen LogP contribution is 2.42. The van der Waals surface area contributed by atoms with Crippen molar-refractivity contribution in [2.75, 3.05) is 11.1 Å². The molecule has 8 nitrogen and oxygen atoms in total. The number of aliphatic carboxylic acids is 1. The van der Waals surface area contributed by atoms with E-state index in [0.29, 0.717) is 23.6 Å². The number of aryl methyl sites for hydroxylation is 1. The molecule has 0 bridgehead atoms. The van der Waals surface area contributed by atoms with Gasteiger partial charge < -0.3 is 20.3 Å². The first-order chi connectivity index (χ1) is 15.6. The van der Waals surface area contributed by atoms with Crippen LogP contribution in [0, 0.1) is 12.8 Å². The molecule has 1 amide bonds. The predicted molar refractivity (Wildman–Crippen MR) is 122 cm³/mol. The summed E-state index contributed by atoms with van der Waals surface area (Å²) in [4.78, 5) is 22.7. The molecule has 0 saturated heterocycles. The van der Waals surface area contributed by atoms with E-state index < -0.39 is 28.1 Å². The number of phenolic OH excluding ortho intramolecular Hbond substituents is 1. The van der Waals surface area contributed by atoms with Crippen LogP contribution in [-0.4, -0.2) is 36.3 Å². The minimum atomic E-state index is -3.64. The number of sulfone groups is 1. The van der Waals surface area contributed by atoms with Gasteiger partial charge in [-0.1, -0.05) is 6.42 Å². The third-order valence-electron chi connectivity index (χ3n) is 6.29. The molecule has 3 N–H and O–H groups in total. The maximum atomic E-state index is 12.8. The maximum absolute atomic E-state index is 12.8. The predicted octanol–water partition coefficient (Wildman–Crippen LogP) is 3.97. The van der Waals surface area contributed by atoms with Gasteiger partial charge in [0.05, 0.1) is 5.75 Å². The molecule has 0 spiro atoms. The van der Waals surface area contributed by atoms with Gasteiger partial charge in [0, 0.05) is 17.3 Å². The van der Waals surface area contributed by atoms with Gasteiger partial charge in [0.25, 0.3) is 0 Å². The van der Waals surface area contributed by atoms with Crippen LogP contribution in [0.4, 0.5) is 5.69 Å². The molecule has 9 heteroatoms. The van der Waals surface area contributed by atoms with Crippen molar-refractivity contribution in [1.82, 2.24) is 0 Å². The summed E-state index contributed by atoms with van der Waals surface area (Å²) in [6.45, 7) is 1.81. The number of aromatic hydroxyl groups is 1. The number of carbonyl (C=O) groups is 2. The van der Waals surface area contributed by atoms with Gasteiger partial charge in [0.15, 0.2) is 9.84 Å². The highest BCUT2D eigenvalue weighted by molar-refractivity contribution is 7.91. The lowest BCUT2D eigenvalue weighted by atomic mass is 9.87. The Labute approximate surface area is 192 Å². The van der Waals surface area contributed by atoms with Crippen molar-refractivity contribution in [2.24, 2.45) is 5.92 Å². The second kappa shape index (κ2) is 9.05.